The van der Waals surface area contributed by atoms with Crippen LogP contribution in [0.1, 0.15) is 47.9 Å². The van der Waals surface area contributed by atoms with Crippen molar-refractivity contribution in [2.75, 3.05) is 24.0 Å². The molecule has 4 aliphatic rings. The predicted octanol–water partition coefficient (Wildman–Crippen LogP) is 9.46. The van der Waals surface area contributed by atoms with Crippen LogP contribution in [-0.2, 0) is 38.6 Å². The lowest BCUT2D eigenvalue weighted by molar-refractivity contribution is -0.143. The van der Waals surface area contributed by atoms with E-state index < -0.39 is 87.8 Å². The van der Waals surface area contributed by atoms with Crippen molar-refractivity contribution in [3.8, 4) is 27.8 Å². The Balaban J connectivity index is 1.17. The minimum atomic E-state index is -5.25. The van der Waals surface area contributed by atoms with Crippen LogP contribution in [0.4, 0.5) is 37.8 Å². The number of carbonyl (C=O) groups is 4. The minimum absolute atomic E-state index is 0.0471. The maximum Gasteiger partial charge on any atom is 0.416 e. The van der Waals surface area contributed by atoms with Crippen molar-refractivity contribution in [2.24, 2.45) is 36.1 Å². The molecule has 0 radical (unpaired) electrons. The van der Waals surface area contributed by atoms with Crippen LogP contribution in [0.5, 0.6) is 17.2 Å². The van der Waals surface area contributed by atoms with E-state index in [0.717, 1.165) is 25.4 Å². The molecule has 4 amide bonds. The number of alkyl halides is 6. The molecule has 5 aromatic rings. The predicted molar refractivity (Wildman–Crippen MR) is 219 cm³/mol. The number of phenols is 1. The Bertz CT molecular complexity index is 2810. The molecule has 2 aromatic heterocycles. The maximum atomic E-state index is 15.3. The number of ether oxygens (including phenoxy) is 2. The van der Waals surface area contributed by atoms with Gasteiger partial charge >= 0.3 is 12.4 Å². The number of nitrogens with zero attached hydrogens (tertiary/aromatic N) is 4. The quantitative estimate of drug-likeness (QED) is 0.101. The van der Waals surface area contributed by atoms with Crippen molar-refractivity contribution < 1.29 is 60.1 Å². The molecular formula is C44H35ClF6N4O7S. The first kappa shape index (κ1) is 42.4. The summed E-state index contributed by atoms with van der Waals surface area (Å²) in [6.07, 6.45) is -9.19. The van der Waals surface area contributed by atoms with E-state index in [1.165, 1.54) is 42.4 Å². The minimum Gasteiger partial charge on any atom is -0.502 e. The van der Waals surface area contributed by atoms with Gasteiger partial charge in [0, 0.05) is 28.8 Å². The Morgan fingerprint density at radius 1 is 0.857 bits per heavy atom. The Labute approximate surface area is 363 Å². The van der Waals surface area contributed by atoms with E-state index in [-0.39, 0.29) is 42.0 Å². The first-order valence-electron chi connectivity index (χ1n) is 19.5. The van der Waals surface area contributed by atoms with Gasteiger partial charge in [-0.3, -0.25) is 23.9 Å². The number of halogens is 7. The van der Waals surface area contributed by atoms with Crippen LogP contribution in [0.3, 0.4) is 0 Å². The highest BCUT2D eigenvalue weighted by molar-refractivity contribution is 7.22. The van der Waals surface area contributed by atoms with Gasteiger partial charge in [-0.15, -0.1) is 11.3 Å². The summed E-state index contributed by atoms with van der Waals surface area (Å²) in [5, 5.41) is 17.1. The van der Waals surface area contributed by atoms with E-state index in [0.29, 0.717) is 38.9 Å². The second-order valence-corrected chi connectivity index (χ2v) is 17.9. The summed E-state index contributed by atoms with van der Waals surface area (Å²) in [5.74, 6) is -9.42. The molecule has 3 fully saturated rings. The number of thiophene rings is 1. The van der Waals surface area contributed by atoms with E-state index in [1.54, 1.807) is 32.2 Å². The van der Waals surface area contributed by atoms with E-state index in [2.05, 4.69) is 0 Å². The highest BCUT2D eigenvalue weighted by Gasteiger charge is 2.68. The zero-order valence-corrected chi connectivity index (χ0v) is 35.4. The monoisotopic (exact) mass is 912 g/mol. The van der Waals surface area contributed by atoms with Gasteiger partial charge in [0.05, 0.1) is 59.1 Å². The highest BCUT2D eigenvalue weighted by atomic mass is 35.5. The van der Waals surface area contributed by atoms with Crippen LogP contribution in [0.25, 0.3) is 20.7 Å². The van der Waals surface area contributed by atoms with Crippen LogP contribution in [0, 0.1) is 36.0 Å². The fourth-order valence-electron chi connectivity index (χ4n) is 10.2. The first-order chi connectivity index (χ1) is 29.6. The van der Waals surface area contributed by atoms with E-state index in [1.807, 2.05) is 19.1 Å². The van der Waals surface area contributed by atoms with Crippen molar-refractivity contribution in [1.82, 2.24) is 9.78 Å². The highest BCUT2D eigenvalue weighted by Crippen LogP contribution is 2.64. The van der Waals surface area contributed by atoms with Gasteiger partial charge in [0.25, 0.3) is 0 Å². The number of aromatic nitrogens is 2. The Morgan fingerprint density at radius 2 is 1.49 bits per heavy atom. The number of aryl methyl sites for hydroxylation is 2. The zero-order valence-electron chi connectivity index (χ0n) is 33.8. The van der Waals surface area contributed by atoms with Crippen LogP contribution >= 0.6 is 22.9 Å². The second kappa shape index (κ2) is 14.3. The molecule has 6 atom stereocenters. The lowest BCUT2D eigenvalue weighted by atomic mass is 9.51. The number of hydrogen-bond acceptors (Lipinski definition) is 9. The van der Waals surface area contributed by atoms with E-state index in [4.69, 9.17) is 26.2 Å². The summed E-state index contributed by atoms with van der Waals surface area (Å²) in [7, 11) is 4.18. The fourth-order valence-corrected chi connectivity index (χ4v) is 11.5. The van der Waals surface area contributed by atoms with Crippen LogP contribution in [0.2, 0.25) is 5.02 Å². The van der Waals surface area contributed by atoms with Crippen LogP contribution < -0.4 is 19.3 Å². The lowest BCUT2D eigenvalue weighted by Crippen LogP contribution is -2.49. The Hall–Kier alpha value is -5.88. The third-order valence-corrected chi connectivity index (χ3v) is 14.7. The maximum absolute atomic E-state index is 15.3. The number of rotatable bonds is 6. The fraction of sp³-hybridized carbons (Fsp3) is 0.341. The van der Waals surface area contributed by atoms with Gasteiger partial charge in [-0.1, -0.05) is 23.3 Å². The second-order valence-electron chi connectivity index (χ2n) is 16.4. The number of phenolic OH excluding ortho intramolecular Hbond substituents is 1. The molecule has 0 unspecified atom stereocenters. The van der Waals surface area contributed by atoms with Gasteiger partial charge in [-0.25, -0.2) is 9.80 Å². The molecular weight excluding hydrogens is 878 g/mol. The summed E-state index contributed by atoms with van der Waals surface area (Å²) in [5.41, 5.74) is -3.77. The topological polar surface area (TPSA) is 131 Å². The number of allylic oxidation sites excluding steroid dienone is 2. The van der Waals surface area contributed by atoms with Crippen LogP contribution in [0.15, 0.2) is 66.2 Å². The number of benzene rings is 3. The van der Waals surface area contributed by atoms with Gasteiger partial charge in [-0.2, -0.15) is 31.4 Å². The summed E-state index contributed by atoms with van der Waals surface area (Å²) >= 11 is 7.74. The molecule has 328 valence electrons. The number of carbonyl (C=O) groups excluding carboxylic acids is 4. The van der Waals surface area contributed by atoms with E-state index in [9.17, 15) is 41.0 Å². The molecule has 3 aromatic carbocycles. The van der Waals surface area contributed by atoms with Gasteiger partial charge in [-0.05, 0) is 97.7 Å². The summed E-state index contributed by atoms with van der Waals surface area (Å²) in [6.45, 7) is 3.52. The SMILES string of the molecule is COc1cc([C@H]2C3=CC[C@@H]4C(=O)N(c5cc(C(F)(F)F)cc(C(F)(F)F)c5)C(=O)[C@@H]4[C@@H]3C[C@H]3C(=O)N(c4cc(-c5sc6ccc(Cl)cc6c5C)nn4C)C(=O)[C@@]23C)cc(OC)c1O. The van der Waals surface area contributed by atoms with Crippen molar-refractivity contribution in [1.29, 1.82) is 0 Å². The Morgan fingerprint density at radius 3 is 2.10 bits per heavy atom. The number of fused-ring (bicyclic) bond motifs is 5. The third kappa shape index (κ3) is 6.25. The lowest BCUT2D eigenvalue weighted by Gasteiger charge is -2.49. The van der Waals surface area contributed by atoms with Gasteiger partial charge in [0.2, 0.25) is 29.4 Å². The average molecular weight is 913 g/mol. The molecule has 11 nitrogen and oxygen atoms in total. The van der Waals surface area contributed by atoms with Crippen molar-refractivity contribution in [2.45, 2.75) is 45.0 Å². The average Bonchev–Trinajstić information content (AvgIpc) is 3.90. The number of methoxy groups -OCH3 is 2. The zero-order chi connectivity index (χ0) is 45.4. The van der Waals surface area contributed by atoms with Gasteiger partial charge in [0.1, 0.15) is 11.5 Å². The number of anilines is 2. The molecule has 2 aliphatic heterocycles. The summed E-state index contributed by atoms with van der Waals surface area (Å²) in [6, 6.07) is 10.6. The van der Waals surface area contributed by atoms with Crippen LogP contribution in [-0.4, -0.2) is 52.7 Å². The van der Waals surface area contributed by atoms with Gasteiger partial charge in [0.15, 0.2) is 11.5 Å². The standard InChI is InChI=1S/C44H35ClF6N4O7S/c1-18-26-15-22(45)6-9-32(26)63-37(18)29-17-33(53(3)52-29)55-39(58)28-16-27-24(35(42(28,2)41(55)60)19-10-30(61-4)36(56)31(11-19)62-5)7-8-25-34(27)40(59)54(38(25)57)23-13-20(43(46,47)48)12-21(14-23)44(49,50)51/h6-7,9-15,17,25,27-28,34-35,56H,8,16H2,1-5H3/t25-,27+,28-,34-,35-,42+/m0/s1. The Kier molecular flexibility index (Phi) is 9.64. The molecule has 2 aliphatic carbocycles. The molecule has 19 heteroatoms. The van der Waals surface area contributed by atoms with Crippen molar-refractivity contribution >= 4 is 68.2 Å². The number of amides is 4. The number of aromatic hydroxyl groups is 1. The normalized spacial score (nSPS) is 24.8. The molecule has 0 bridgehead atoms. The molecule has 1 saturated carbocycles. The molecule has 63 heavy (non-hydrogen) atoms. The number of hydrogen-bond donors (Lipinski definition) is 1. The molecule has 0 spiro atoms. The molecule has 4 heterocycles. The van der Waals surface area contributed by atoms with E-state index >= 15 is 9.59 Å². The smallest absolute Gasteiger partial charge is 0.416 e. The molecule has 9 rings (SSSR count). The summed E-state index contributed by atoms with van der Waals surface area (Å²) < 4.78 is 97.1. The third-order valence-electron chi connectivity index (χ3n) is 13.2. The first-order valence-corrected chi connectivity index (χ1v) is 20.7. The van der Waals surface area contributed by atoms with Crippen molar-refractivity contribution in [3.05, 3.63) is 93.5 Å². The van der Waals surface area contributed by atoms with Gasteiger partial charge < -0.3 is 14.6 Å². The number of imide groups is 2. The largest absolute Gasteiger partial charge is 0.502 e. The molecule has 2 saturated heterocycles. The van der Waals surface area contributed by atoms with Crippen molar-refractivity contribution in [3.63, 3.8) is 0 Å². The molecule has 1 N–H and O–H groups in total. The summed E-state index contributed by atoms with van der Waals surface area (Å²) in [4.78, 5) is 61.1.